The number of nitrogens with zero attached hydrogens (tertiary/aromatic N) is 3. The van der Waals surface area contributed by atoms with Gasteiger partial charge >= 0.3 is 12.1 Å². The molecule has 8 nitrogen and oxygen atoms in total. The monoisotopic (exact) mass is 493 g/mol. The van der Waals surface area contributed by atoms with Gasteiger partial charge in [0.2, 0.25) is 0 Å². The van der Waals surface area contributed by atoms with Gasteiger partial charge in [-0.1, -0.05) is 11.6 Å². The molecule has 4 rings (SSSR count). The molecular formula is C25H36ClN3O5. The van der Waals surface area contributed by atoms with Gasteiger partial charge in [-0.2, -0.15) is 0 Å². The molecule has 3 atom stereocenters. The third-order valence-electron chi connectivity index (χ3n) is 6.42. The molecule has 3 amide bonds. The van der Waals surface area contributed by atoms with Crippen LogP contribution in [0.15, 0.2) is 12.1 Å². The van der Waals surface area contributed by atoms with Crippen molar-refractivity contribution in [3.63, 3.8) is 0 Å². The number of fused-ring (bicyclic) bond motifs is 1. The number of hydrogen-bond acceptors (Lipinski definition) is 5. The second-order valence-electron chi connectivity index (χ2n) is 10.5. The van der Waals surface area contributed by atoms with Gasteiger partial charge in [0.05, 0.1) is 31.5 Å². The molecule has 34 heavy (non-hydrogen) atoms. The van der Waals surface area contributed by atoms with Gasteiger partial charge in [-0.3, -0.25) is 4.90 Å². The summed E-state index contributed by atoms with van der Waals surface area (Å²) in [6.07, 6.45) is 0.376. The minimum atomic E-state index is -0.594. The van der Waals surface area contributed by atoms with Gasteiger partial charge in [-0.05, 0) is 69.9 Å². The number of carbonyl (C=O) groups is 2. The van der Waals surface area contributed by atoms with Gasteiger partial charge in [-0.15, -0.1) is 0 Å². The van der Waals surface area contributed by atoms with E-state index in [1.165, 1.54) is 0 Å². The summed E-state index contributed by atoms with van der Waals surface area (Å²) < 4.78 is 17.3. The van der Waals surface area contributed by atoms with Crippen molar-refractivity contribution < 1.29 is 23.8 Å². The average molecular weight is 494 g/mol. The number of ether oxygens (including phenoxy) is 3. The first-order valence-electron chi connectivity index (χ1n) is 12.1. The van der Waals surface area contributed by atoms with E-state index in [1.54, 1.807) is 4.90 Å². The third kappa shape index (κ3) is 5.61. The van der Waals surface area contributed by atoms with E-state index in [2.05, 4.69) is 0 Å². The highest BCUT2D eigenvalue weighted by molar-refractivity contribution is 6.30. The van der Waals surface area contributed by atoms with Crippen LogP contribution in [0, 0.1) is 0 Å². The van der Waals surface area contributed by atoms with Crippen LogP contribution in [-0.4, -0.2) is 84.0 Å². The quantitative estimate of drug-likeness (QED) is 0.585. The van der Waals surface area contributed by atoms with Crippen LogP contribution in [0.2, 0.25) is 5.02 Å². The minimum absolute atomic E-state index is 0.0147. The summed E-state index contributed by atoms with van der Waals surface area (Å²) in [6.45, 7) is 13.1. The van der Waals surface area contributed by atoms with Gasteiger partial charge in [0.15, 0.2) is 0 Å². The Bertz CT molecular complexity index is 924. The number of hydrogen-bond donors (Lipinski definition) is 0. The van der Waals surface area contributed by atoms with Crippen LogP contribution in [0.3, 0.4) is 0 Å². The summed E-state index contributed by atoms with van der Waals surface area (Å²) in [6, 6.07) is 3.58. The Morgan fingerprint density at radius 1 is 1.09 bits per heavy atom. The molecule has 0 bridgehead atoms. The molecule has 0 spiro atoms. The van der Waals surface area contributed by atoms with E-state index in [1.807, 2.05) is 56.6 Å². The van der Waals surface area contributed by atoms with Crippen LogP contribution < -0.4 is 0 Å². The molecule has 188 valence electrons. The summed E-state index contributed by atoms with van der Waals surface area (Å²) in [5, 5.41) is 0.624. The first-order chi connectivity index (χ1) is 16.0. The fraction of sp³-hybridized carbons (Fsp3) is 0.680. The van der Waals surface area contributed by atoms with Crippen LogP contribution in [0.4, 0.5) is 9.59 Å². The minimum Gasteiger partial charge on any atom is -0.444 e. The summed E-state index contributed by atoms with van der Waals surface area (Å²) >= 11 is 6.51. The molecule has 0 radical (unpaired) electrons. The normalized spacial score (nSPS) is 25.7. The molecule has 0 aliphatic carbocycles. The maximum absolute atomic E-state index is 13.4. The van der Waals surface area contributed by atoms with Crippen molar-refractivity contribution in [2.45, 2.75) is 71.4 Å². The van der Waals surface area contributed by atoms with Crippen LogP contribution in [-0.2, 0) is 27.2 Å². The molecular weight excluding hydrogens is 458 g/mol. The molecule has 0 N–H and O–H groups in total. The Morgan fingerprint density at radius 3 is 2.47 bits per heavy atom. The average Bonchev–Trinajstić information content (AvgIpc) is 2.76. The molecule has 0 aromatic heterocycles. The highest BCUT2D eigenvalue weighted by Gasteiger charge is 2.36. The van der Waals surface area contributed by atoms with Crippen molar-refractivity contribution >= 4 is 23.7 Å². The van der Waals surface area contributed by atoms with Gasteiger partial charge in [0.1, 0.15) is 5.60 Å². The predicted molar refractivity (Wildman–Crippen MR) is 129 cm³/mol. The number of halogens is 1. The van der Waals surface area contributed by atoms with Crippen molar-refractivity contribution in [1.82, 2.24) is 14.7 Å². The number of rotatable bonds is 1. The Balaban J connectivity index is 1.60. The lowest BCUT2D eigenvalue weighted by Crippen LogP contribution is -2.53. The standard InChI is InChI=1S/C25H36ClN3O5/c1-16-12-28(13-17(2)33-16)23(30)27-7-6-18-10-19(26)11-20(21(18)14-27)22-15-32-9-8-29(22)24(31)34-25(3,4)5/h10-11,16-17,22H,6-9,12-15H2,1-5H3/t16-,17-,22?/m0/s1. The Hall–Kier alpha value is -2.03. The maximum Gasteiger partial charge on any atom is 0.410 e. The van der Waals surface area contributed by atoms with E-state index in [9.17, 15) is 9.59 Å². The van der Waals surface area contributed by atoms with Crippen molar-refractivity contribution in [1.29, 1.82) is 0 Å². The Kier molecular flexibility index (Phi) is 7.31. The number of morpholine rings is 2. The van der Waals surface area contributed by atoms with Crippen molar-refractivity contribution in [2.24, 2.45) is 0 Å². The number of amides is 3. The fourth-order valence-corrected chi connectivity index (χ4v) is 5.30. The van der Waals surface area contributed by atoms with Crippen LogP contribution in [0.1, 0.15) is 57.4 Å². The second-order valence-corrected chi connectivity index (χ2v) is 11.0. The van der Waals surface area contributed by atoms with E-state index >= 15 is 0 Å². The lowest BCUT2D eigenvalue weighted by molar-refractivity contribution is -0.0586. The van der Waals surface area contributed by atoms with Gasteiger partial charge in [0, 0.05) is 37.7 Å². The fourth-order valence-electron chi connectivity index (χ4n) is 5.05. The van der Waals surface area contributed by atoms with Crippen molar-refractivity contribution in [3.05, 3.63) is 33.8 Å². The Labute approximate surface area is 207 Å². The molecule has 3 aliphatic rings. The summed E-state index contributed by atoms with van der Waals surface area (Å²) in [5.41, 5.74) is 2.49. The smallest absolute Gasteiger partial charge is 0.410 e. The first-order valence-corrected chi connectivity index (χ1v) is 12.5. The van der Waals surface area contributed by atoms with Crippen LogP contribution >= 0.6 is 11.6 Å². The van der Waals surface area contributed by atoms with E-state index in [4.69, 9.17) is 25.8 Å². The molecule has 9 heteroatoms. The number of carbonyl (C=O) groups excluding carboxylic acids is 2. The molecule has 0 saturated carbocycles. The molecule has 3 aliphatic heterocycles. The van der Waals surface area contributed by atoms with E-state index in [0.717, 1.165) is 16.7 Å². The van der Waals surface area contributed by atoms with Gasteiger partial charge < -0.3 is 24.0 Å². The summed E-state index contributed by atoms with van der Waals surface area (Å²) in [4.78, 5) is 31.9. The number of benzene rings is 1. The molecule has 1 unspecified atom stereocenters. The topological polar surface area (TPSA) is 71.6 Å². The molecule has 1 aromatic carbocycles. The lowest BCUT2D eigenvalue weighted by Gasteiger charge is -2.41. The lowest BCUT2D eigenvalue weighted by atomic mass is 9.90. The van der Waals surface area contributed by atoms with Gasteiger partial charge in [0.25, 0.3) is 0 Å². The summed E-state index contributed by atoms with van der Waals surface area (Å²) in [5.74, 6) is 0. The molecule has 3 heterocycles. The Morgan fingerprint density at radius 2 is 1.79 bits per heavy atom. The SMILES string of the molecule is C[C@H]1CN(C(=O)N2CCc3cc(Cl)cc(C4COCCN4C(=O)OC(C)(C)C)c3C2)C[C@H](C)O1. The zero-order valence-corrected chi connectivity index (χ0v) is 21.6. The highest BCUT2D eigenvalue weighted by atomic mass is 35.5. The van der Waals surface area contributed by atoms with E-state index in [-0.39, 0.29) is 30.4 Å². The van der Waals surface area contributed by atoms with E-state index in [0.29, 0.717) is 57.4 Å². The van der Waals surface area contributed by atoms with Gasteiger partial charge in [-0.25, -0.2) is 9.59 Å². The zero-order valence-electron chi connectivity index (χ0n) is 20.8. The maximum atomic E-state index is 13.4. The molecule has 2 fully saturated rings. The third-order valence-corrected chi connectivity index (χ3v) is 6.64. The molecule has 2 saturated heterocycles. The first kappa shape index (κ1) is 25.1. The van der Waals surface area contributed by atoms with E-state index < -0.39 is 5.60 Å². The number of urea groups is 1. The van der Waals surface area contributed by atoms with Crippen LogP contribution in [0.25, 0.3) is 0 Å². The second kappa shape index (κ2) is 9.91. The van der Waals surface area contributed by atoms with Crippen LogP contribution in [0.5, 0.6) is 0 Å². The zero-order chi connectivity index (χ0) is 24.6. The van der Waals surface area contributed by atoms with Crippen molar-refractivity contribution in [3.8, 4) is 0 Å². The molecule has 1 aromatic rings. The largest absolute Gasteiger partial charge is 0.444 e. The predicted octanol–water partition coefficient (Wildman–Crippen LogP) is 4.24. The summed E-state index contributed by atoms with van der Waals surface area (Å²) in [7, 11) is 0. The highest BCUT2D eigenvalue weighted by Crippen LogP contribution is 2.35. The van der Waals surface area contributed by atoms with Crippen molar-refractivity contribution in [2.75, 3.05) is 39.4 Å².